The third-order valence-corrected chi connectivity index (χ3v) is 3.80. The highest BCUT2D eigenvalue weighted by Gasteiger charge is 2.22. The van der Waals surface area contributed by atoms with Gasteiger partial charge in [-0.1, -0.05) is 13.0 Å². The van der Waals surface area contributed by atoms with Crippen molar-refractivity contribution in [2.24, 2.45) is 0 Å². The Morgan fingerprint density at radius 3 is 2.65 bits per heavy atom. The van der Waals surface area contributed by atoms with Gasteiger partial charge in [0.05, 0.1) is 22.4 Å². The molecule has 0 saturated carbocycles. The minimum atomic E-state index is 0.0895. The van der Waals surface area contributed by atoms with Crippen LogP contribution in [0.15, 0.2) is 29.1 Å². The number of hydrogen-bond donors (Lipinski definition) is 1. The van der Waals surface area contributed by atoms with Crippen molar-refractivity contribution in [3.05, 3.63) is 46.0 Å². The van der Waals surface area contributed by atoms with Gasteiger partial charge in [0, 0.05) is 18.4 Å². The first kappa shape index (κ1) is 15.2. The first-order valence-electron chi connectivity index (χ1n) is 6.92. The standard InChI is InChI=1S/C15H21BrN4/c1-5-18-14(12-6-11(4)7-17-8-12)15-13(16)9-19-20(15)10(2)3/h6-10,14,18H,5H2,1-4H3. The van der Waals surface area contributed by atoms with E-state index in [4.69, 9.17) is 0 Å². The van der Waals surface area contributed by atoms with E-state index in [-0.39, 0.29) is 6.04 Å². The first-order chi connectivity index (χ1) is 9.54. The van der Waals surface area contributed by atoms with Crippen LogP contribution in [0.25, 0.3) is 0 Å². The average molecular weight is 337 g/mol. The van der Waals surface area contributed by atoms with Gasteiger partial charge in [-0.15, -0.1) is 0 Å². The second-order valence-electron chi connectivity index (χ2n) is 5.20. The summed E-state index contributed by atoms with van der Waals surface area (Å²) >= 11 is 3.63. The highest BCUT2D eigenvalue weighted by Crippen LogP contribution is 2.30. The molecule has 0 amide bonds. The van der Waals surface area contributed by atoms with Crippen molar-refractivity contribution in [2.45, 2.75) is 39.8 Å². The van der Waals surface area contributed by atoms with E-state index < -0.39 is 0 Å². The second kappa shape index (κ2) is 6.50. The van der Waals surface area contributed by atoms with Gasteiger partial charge in [0.25, 0.3) is 0 Å². The van der Waals surface area contributed by atoms with E-state index in [1.54, 1.807) is 0 Å². The first-order valence-corrected chi connectivity index (χ1v) is 7.71. The molecule has 0 saturated heterocycles. The molecular formula is C15H21BrN4. The van der Waals surface area contributed by atoms with Crippen LogP contribution in [0.2, 0.25) is 0 Å². The van der Waals surface area contributed by atoms with E-state index in [2.05, 4.69) is 69.8 Å². The molecule has 2 aromatic rings. The lowest BCUT2D eigenvalue weighted by Crippen LogP contribution is -2.26. The zero-order valence-electron chi connectivity index (χ0n) is 12.4. The van der Waals surface area contributed by atoms with Gasteiger partial charge in [-0.2, -0.15) is 5.10 Å². The molecule has 0 fully saturated rings. The fraction of sp³-hybridized carbons (Fsp3) is 0.467. The van der Waals surface area contributed by atoms with Gasteiger partial charge in [0.15, 0.2) is 0 Å². The average Bonchev–Trinajstić information content (AvgIpc) is 2.78. The lowest BCUT2D eigenvalue weighted by Gasteiger charge is -2.22. The number of pyridine rings is 1. The maximum absolute atomic E-state index is 4.48. The van der Waals surface area contributed by atoms with Crippen molar-refractivity contribution in [3.8, 4) is 0 Å². The van der Waals surface area contributed by atoms with E-state index in [1.807, 2.05) is 18.6 Å². The minimum Gasteiger partial charge on any atom is -0.305 e. The highest BCUT2D eigenvalue weighted by molar-refractivity contribution is 9.10. The predicted molar refractivity (Wildman–Crippen MR) is 84.8 cm³/mol. The number of aromatic nitrogens is 3. The smallest absolute Gasteiger partial charge is 0.0774 e. The van der Waals surface area contributed by atoms with Crippen molar-refractivity contribution in [2.75, 3.05) is 6.54 Å². The Morgan fingerprint density at radius 1 is 1.30 bits per heavy atom. The SMILES string of the molecule is CCNC(c1cncc(C)c1)c1c(Br)cnn1C(C)C. The summed E-state index contributed by atoms with van der Waals surface area (Å²) in [5.74, 6) is 0. The van der Waals surface area contributed by atoms with Crippen LogP contribution in [0.5, 0.6) is 0 Å². The normalized spacial score (nSPS) is 12.9. The van der Waals surface area contributed by atoms with E-state index in [9.17, 15) is 0 Å². The Hall–Kier alpha value is -1.20. The molecule has 1 unspecified atom stereocenters. The number of nitrogens with zero attached hydrogens (tertiary/aromatic N) is 3. The van der Waals surface area contributed by atoms with Crippen LogP contribution in [-0.2, 0) is 0 Å². The van der Waals surface area contributed by atoms with Crippen molar-refractivity contribution in [1.82, 2.24) is 20.1 Å². The van der Waals surface area contributed by atoms with Gasteiger partial charge < -0.3 is 5.32 Å². The number of aryl methyl sites for hydroxylation is 1. The molecule has 108 valence electrons. The topological polar surface area (TPSA) is 42.7 Å². The van der Waals surface area contributed by atoms with Crippen LogP contribution in [0.1, 0.15) is 49.7 Å². The lowest BCUT2D eigenvalue weighted by atomic mass is 10.0. The second-order valence-corrected chi connectivity index (χ2v) is 6.06. The van der Waals surface area contributed by atoms with E-state index in [1.165, 1.54) is 0 Å². The molecule has 2 aromatic heterocycles. The Balaban J connectivity index is 2.51. The number of hydrogen-bond acceptors (Lipinski definition) is 3. The minimum absolute atomic E-state index is 0.0895. The predicted octanol–water partition coefficient (Wildman–Crippen LogP) is 3.63. The van der Waals surface area contributed by atoms with Gasteiger partial charge in [-0.05, 0) is 54.4 Å². The molecule has 0 aromatic carbocycles. The summed E-state index contributed by atoms with van der Waals surface area (Å²) < 4.78 is 3.08. The third kappa shape index (κ3) is 3.10. The summed E-state index contributed by atoms with van der Waals surface area (Å²) in [5.41, 5.74) is 3.47. The Kier molecular flexibility index (Phi) is 4.94. The van der Waals surface area contributed by atoms with Crippen molar-refractivity contribution in [1.29, 1.82) is 0 Å². The van der Waals surface area contributed by atoms with E-state index in [0.717, 1.165) is 27.8 Å². The number of nitrogens with one attached hydrogen (secondary N) is 1. The highest BCUT2D eigenvalue weighted by atomic mass is 79.9. The van der Waals surface area contributed by atoms with Gasteiger partial charge in [0.2, 0.25) is 0 Å². The summed E-state index contributed by atoms with van der Waals surface area (Å²) in [6.45, 7) is 9.34. The monoisotopic (exact) mass is 336 g/mol. The molecule has 20 heavy (non-hydrogen) atoms. The zero-order chi connectivity index (χ0) is 14.7. The molecule has 5 heteroatoms. The lowest BCUT2D eigenvalue weighted by molar-refractivity contribution is 0.475. The van der Waals surface area contributed by atoms with Crippen LogP contribution in [-0.4, -0.2) is 21.3 Å². The molecular weight excluding hydrogens is 316 g/mol. The molecule has 0 aliphatic rings. The molecule has 2 heterocycles. The Bertz CT molecular complexity index is 577. The fourth-order valence-electron chi connectivity index (χ4n) is 2.35. The Labute approximate surface area is 128 Å². The van der Waals surface area contributed by atoms with Crippen molar-refractivity contribution < 1.29 is 0 Å². The fourth-order valence-corrected chi connectivity index (χ4v) is 2.85. The maximum Gasteiger partial charge on any atom is 0.0774 e. The molecule has 0 bridgehead atoms. The van der Waals surface area contributed by atoms with E-state index >= 15 is 0 Å². The largest absolute Gasteiger partial charge is 0.305 e. The summed E-state index contributed by atoms with van der Waals surface area (Å²) in [6, 6.07) is 2.58. The van der Waals surface area contributed by atoms with Crippen LogP contribution in [0.3, 0.4) is 0 Å². The molecule has 4 nitrogen and oxygen atoms in total. The zero-order valence-corrected chi connectivity index (χ0v) is 14.0. The van der Waals surface area contributed by atoms with Gasteiger partial charge in [-0.3, -0.25) is 9.67 Å². The van der Waals surface area contributed by atoms with Gasteiger partial charge in [-0.25, -0.2) is 0 Å². The third-order valence-electron chi connectivity index (χ3n) is 3.19. The number of rotatable bonds is 5. The maximum atomic E-state index is 4.48. The molecule has 0 aliphatic heterocycles. The quantitative estimate of drug-likeness (QED) is 0.906. The van der Waals surface area contributed by atoms with Gasteiger partial charge >= 0.3 is 0 Å². The van der Waals surface area contributed by atoms with Crippen LogP contribution < -0.4 is 5.32 Å². The molecule has 1 N–H and O–H groups in total. The Morgan fingerprint density at radius 2 is 2.05 bits per heavy atom. The molecule has 0 spiro atoms. The number of halogens is 1. The molecule has 1 atom stereocenters. The molecule has 2 rings (SSSR count). The van der Waals surface area contributed by atoms with Crippen molar-refractivity contribution in [3.63, 3.8) is 0 Å². The van der Waals surface area contributed by atoms with Crippen LogP contribution in [0, 0.1) is 6.92 Å². The van der Waals surface area contributed by atoms with Gasteiger partial charge in [0.1, 0.15) is 0 Å². The molecule has 0 radical (unpaired) electrons. The summed E-state index contributed by atoms with van der Waals surface area (Å²) in [6.07, 6.45) is 5.66. The van der Waals surface area contributed by atoms with Crippen LogP contribution in [0.4, 0.5) is 0 Å². The summed E-state index contributed by atoms with van der Waals surface area (Å²) in [4.78, 5) is 4.32. The summed E-state index contributed by atoms with van der Waals surface area (Å²) in [7, 11) is 0. The summed E-state index contributed by atoms with van der Waals surface area (Å²) in [5, 5.41) is 8.01. The van der Waals surface area contributed by atoms with E-state index in [0.29, 0.717) is 6.04 Å². The molecule has 0 aliphatic carbocycles. The van der Waals surface area contributed by atoms with Crippen LogP contribution >= 0.6 is 15.9 Å². The van der Waals surface area contributed by atoms with Crippen molar-refractivity contribution >= 4 is 15.9 Å².